The third kappa shape index (κ3) is 5.91. The molecule has 0 aliphatic carbocycles. The van der Waals surface area contributed by atoms with Crippen molar-refractivity contribution in [3.05, 3.63) is 11.1 Å². The second-order valence-corrected chi connectivity index (χ2v) is 7.11. The predicted molar refractivity (Wildman–Crippen MR) is 83.9 cm³/mol. The summed E-state index contributed by atoms with van der Waals surface area (Å²) in [5, 5.41) is 10.7. The topological polar surface area (TPSA) is 36.4 Å². The molecule has 0 spiro atoms. The van der Waals surface area contributed by atoms with Gasteiger partial charge in [-0.25, -0.2) is 4.98 Å². The van der Waals surface area contributed by atoms with E-state index in [1.807, 2.05) is 6.20 Å². The summed E-state index contributed by atoms with van der Waals surface area (Å²) < 4.78 is 0. The Labute approximate surface area is 121 Å². The van der Waals surface area contributed by atoms with Gasteiger partial charge in [0.25, 0.3) is 0 Å². The zero-order valence-corrected chi connectivity index (χ0v) is 13.7. The minimum atomic E-state index is -0.414. The van der Waals surface area contributed by atoms with Crippen LogP contribution in [0.5, 0.6) is 0 Å². The van der Waals surface area contributed by atoms with Gasteiger partial charge in [-0.1, -0.05) is 39.0 Å². The van der Waals surface area contributed by atoms with Crippen molar-refractivity contribution >= 4 is 16.5 Å². The summed E-state index contributed by atoms with van der Waals surface area (Å²) >= 11 is 1.62. The average molecular weight is 284 g/mol. The number of thiazole rings is 1. The third-order valence-corrected chi connectivity index (χ3v) is 4.37. The Balaban J connectivity index is 2.69. The Kier molecular flexibility index (Phi) is 6.80. The predicted octanol–water partition coefficient (Wildman–Crippen LogP) is 4.10. The normalized spacial score (nSPS) is 13.3. The smallest absolute Gasteiger partial charge is 0.185 e. The molecule has 0 aromatic carbocycles. The van der Waals surface area contributed by atoms with Crippen molar-refractivity contribution in [2.24, 2.45) is 11.8 Å². The van der Waals surface area contributed by atoms with Crippen molar-refractivity contribution in [2.75, 3.05) is 18.0 Å². The van der Waals surface area contributed by atoms with E-state index in [0.29, 0.717) is 11.8 Å². The first kappa shape index (κ1) is 16.4. The molecule has 0 aliphatic rings. The first-order chi connectivity index (χ1) is 8.90. The molecule has 0 saturated carbocycles. The molecule has 1 heterocycles. The molecular weight excluding hydrogens is 256 g/mol. The summed E-state index contributed by atoms with van der Waals surface area (Å²) in [5.41, 5.74) is 0. The van der Waals surface area contributed by atoms with Gasteiger partial charge in [0.2, 0.25) is 0 Å². The largest absolute Gasteiger partial charge is 0.388 e. The molecule has 1 aromatic heterocycles. The van der Waals surface area contributed by atoms with E-state index in [-0.39, 0.29) is 0 Å². The number of hydrogen-bond acceptors (Lipinski definition) is 4. The summed E-state index contributed by atoms with van der Waals surface area (Å²) in [6.45, 7) is 12.9. The highest BCUT2D eigenvalue weighted by atomic mass is 32.1. The highest BCUT2D eigenvalue weighted by molar-refractivity contribution is 7.15. The van der Waals surface area contributed by atoms with E-state index in [0.717, 1.165) is 23.1 Å². The maximum Gasteiger partial charge on any atom is 0.185 e. The molecule has 110 valence electrons. The maximum atomic E-state index is 9.61. The minimum absolute atomic E-state index is 0.414. The Bertz CT molecular complexity index is 349. The number of hydrogen-bond donors (Lipinski definition) is 1. The molecule has 0 bridgehead atoms. The Hall–Kier alpha value is -0.610. The Morgan fingerprint density at radius 2 is 1.63 bits per heavy atom. The highest BCUT2D eigenvalue weighted by Gasteiger charge is 2.14. The van der Waals surface area contributed by atoms with Gasteiger partial charge >= 0.3 is 0 Å². The molecule has 1 aromatic rings. The number of rotatable bonds is 8. The molecule has 1 rings (SSSR count). The summed E-state index contributed by atoms with van der Waals surface area (Å²) in [7, 11) is 0. The monoisotopic (exact) mass is 284 g/mol. The van der Waals surface area contributed by atoms with E-state index in [1.165, 1.54) is 12.8 Å². The van der Waals surface area contributed by atoms with Crippen LogP contribution in [0.2, 0.25) is 0 Å². The summed E-state index contributed by atoms with van der Waals surface area (Å²) in [6.07, 6.45) is 3.76. The van der Waals surface area contributed by atoms with Crippen LogP contribution in [0.1, 0.15) is 58.4 Å². The van der Waals surface area contributed by atoms with Gasteiger partial charge in [0, 0.05) is 19.3 Å². The van der Waals surface area contributed by atoms with Crippen molar-refractivity contribution in [1.82, 2.24) is 4.98 Å². The molecule has 1 unspecified atom stereocenters. The molecule has 3 nitrogen and oxygen atoms in total. The molecule has 0 radical (unpaired) electrons. The second-order valence-electron chi connectivity index (χ2n) is 6.07. The summed E-state index contributed by atoms with van der Waals surface area (Å²) in [4.78, 5) is 7.80. The van der Waals surface area contributed by atoms with Gasteiger partial charge in [0.15, 0.2) is 5.13 Å². The average Bonchev–Trinajstić information content (AvgIpc) is 2.77. The van der Waals surface area contributed by atoms with E-state index < -0.39 is 6.10 Å². The van der Waals surface area contributed by atoms with Gasteiger partial charge in [-0.15, -0.1) is 0 Å². The van der Waals surface area contributed by atoms with Crippen molar-refractivity contribution in [2.45, 2.75) is 53.6 Å². The fourth-order valence-corrected chi connectivity index (χ4v) is 2.65. The standard InChI is InChI=1S/C15H28N2OS/c1-11(2)6-8-17(9-7-12(3)4)15-16-10-14(19-15)13(5)18/h10-13,18H,6-9H2,1-5H3. The van der Waals surface area contributed by atoms with Crippen LogP contribution in [-0.4, -0.2) is 23.2 Å². The van der Waals surface area contributed by atoms with Gasteiger partial charge in [0.1, 0.15) is 0 Å². The molecule has 19 heavy (non-hydrogen) atoms. The van der Waals surface area contributed by atoms with E-state index in [4.69, 9.17) is 0 Å². The molecule has 0 amide bonds. The van der Waals surface area contributed by atoms with Crippen LogP contribution in [0, 0.1) is 11.8 Å². The lowest BCUT2D eigenvalue weighted by Crippen LogP contribution is -2.27. The lowest BCUT2D eigenvalue weighted by atomic mass is 10.1. The van der Waals surface area contributed by atoms with Crippen molar-refractivity contribution in [3.63, 3.8) is 0 Å². The van der Waals surface area contributed by atoms with Gasteiger partial charge in [-0.3, -0.25) is 0 Å². The molecule has 0 fully saturated rings. The number of anilines is 1. The summed E-state index contributed by atoms with van der Waals surface area (Å²) in [5.74, 6) is 1.41. The number of aromatic nitrogens is 1. The zero-order valence-electron chi connectivity index (χ0n) is 12.9. The minimum Gasteiger partial charge on any atom is -0.388 e. The fourth-order valence-electron chi connectivity index (χ4n) is 1.75. The lowest BCUT2D eigenvalue weighted by molar-refractivity contribution is 0.203. The first-order valence-electron chi connectivity index (χ1n) is 7.28. The molecule has 1 atom stereocenters. The van der Waals surface area contributed by atoms with Crippen LogP contribution >= 0.6 is 11.3 Å². The van der Waals surface area contributed by atoms with Crippen LogP contribution in [-0.2, 0) is 0 Å². The molecule has 0 saturated heterocycles. The maximum absolute atomic E-state index is 9.61. The van der Waals surface area contributed by atoms with Crippen LogP contribution < -0.4 is 4.90 Å². The second kappa shape index (κ2) is 7.85. The van der Waals surface area contributed by atoms with Gasteiger partial charge in [-0.05, 0) is 31.6 Å². The van der Waals surface area contributed by atoms with Crippen LogP contribution in [0.25, 0.3) is 0 Å². The molecular formula is C15H28N2OS. The highest BCUT2D eigenvalue weighted by Crippen LogP contribution is 2.28. The third-order valence-electron chi connectivity index (χ3n) is 3.15. The van der Waals surface area contributed by atoms with Crippen LogP contribution in [0.3, 0.4) is 0 Å². The quantitative estimate of drug-likeness (QED) is 0.781. The van der Waals surface area contributed by atoms with Crippen LogP contribution in [0.15, 0.2) is 6.20 Å². The number of nitrogens with zero attached hydrogens (tertiary/aromatic N) is 2. The zero-order chi connectivity index (χ0) is 14.4. The van der Waals surface area contributed by atoms with E-state index in [2.05, 4.69) is 37.6 Å². The number of aliphatic hydroxyl groups excluding tert-OH is 1. The van der Waals surface area contributed by atoms with Gasteiger partial charge < -0.3 is 10.0 Å². The Morgan fingerprint density at radius 1 is 1.11 bits per heavy atom. The van der Waals surface area contributed by atoms with Crippen molar-refractivity contribution in [3.8, 4) is 0 Å². The fraction of sp³-hybridized carbons (Fsp3) is 0.800. The SMILES string of the molecule is CC(C)CCN(CCC(C)C)c1ncc(C(C)O)s1. The van der Waals surface area contributed by atoms with E-state index >= 15 is 0 Å². The Morgan fingerprint density at radius 3 is 2.00 bits per heavy atom. The van der Waals surface area contributed by atoms with E-state index in [1.54, 1.807) is 18.3 Å². The molecule has 4 heteroatoms. The van der Waals surface area contributed by atoms with Crippen molar-refractivity contribution in [1.29, 1.82) is 0 Å². The van der Waals surface area contributed by atoms with Crippen LogP contribution in [0.4, 0.5) is 5.13 Å². The lowest BCUT2D eigenvalue weighted by Gasteiger charge is -2.23. The summed E-state index contributed by atoms with van der Waals surface area (Å²) in [6, 6.07) is 0. The van der Waals surface area contributed by atoms with Gasteiger partial charge in [0.05, 0.1) is 11.0 Å². The number of aliphatic hydroxyl groups is 1. The van der Waals surface area contributed by atoms with Gasteiger partial charge in [-0.2, -0.15) is 0 Å². The van der Waals surface area contributed by atoms with Crippen molar-refractivity contribution < 1.29 is 5.11 Å². The molecule has 1 N–H and O–H groups in total. The molecule has 0 aliphatic heterocycles. The first-order valence-corrected chi connectivity index (χ1v) is 8.10. The van der Waals surface area contributed by atoms with E-state index in [9.17, 15) is 5.11 Å².